The number of carbonyl (C=O) groups is 1. The predicted molar refractivity (Wildman–Crippen MR) is 58.6 cm³/mol. The van der Waals surface area contributed by atoms with Crippen LogP contribution in [0.25, 0.3) is 0 Å². The topological polar surface area (TPSA) is 78.8 Å². The van der Waals surface area contributed by atoms with Crippen molar-refractivity contribution in [3.63, 3.8) is 0 Å². The van der Waals surface area contributed by atoms with Crippen LogP contribution in [0, 0.1) is 0 Å². The molecule has 1 atom stereocenters. The molecule has 1 unspecified atom stereocenters. The first kappa shape index (κ1) is 17.0. The molecule has 1 rings (SSSR count). The number of hydrogen-bond donors (Lipinski definition) is 1. The van der Waals surface area contributed by atoms with Crippen molar-refractivity contribution in [3.05, 3.63) is 29.8 Å². The molecule has 0 aliphatic rings. The summed E-state index contributed by atoms with van der Waals surface area (Å²) in [5, 5.41) is 19.9. The summed E-state index contributed by atoms with van der Waals surface area (Å²) in [7, 11) is 1.55. The zero-order valence-corrected chi connectivity index (χ0v) is 10.6. The molecule has 0 saturated carbocycles. The van der Waals surface area contributed by atoms with Gasteiger partial charge in [-0.15, -0.1) is 0 Å². The maximum atomic E-state index is 10.9. The molecule has 0 bridgehead atoms. The van der Waals surface area contributed by atoms with E-state index in [1.54, 1.807) is 31.4 Å². The molecule has 0 spiro atoms. The van der Waals surface area contributed by atoms with Crippen molar-refractivity contribution in [2.75, 3.05) is 26.9 Å². The molecule has 0 amide bonds. The van der Waals surface area contributed by atoms with E-state index in [0.717, 1.165) is 0 Å². The Balaban J connectivity index is 0.00000289. The molecule has 1 aromatic rings. The maximum Gasteiger partial charge on any atom is 1.00 e. The summed E-state index contributed by atoms with van der Waals surface area (Å²) in [5.74, 6) is -1.98. The zero-order chi connectivity index (χ0) is 12.7. The average Bonchev–Trinajstić information content (AvgIpc) is 2.32. The number of aliphatic carboxylic acids is 1. The van der Waals surface area contributed by atoms with E-state index in [-0.39, 0.29) is 18.9 Å². The van der Waals surface area contributed by atoms with E-state index in [9.17, 15) is 9.90 Å². The van der Waals surface area contributed by atoms with Crippen molar-refractivity contribution < 1.29 is 43.3 Å². The third-order valence-electron chi connectivity index (χ3n) is 2.31. The molecule has 0 aliphatic carbocycles. The van der Waals surface area contributed by atoms with Crippen LogP contribution in [-0.4, -0.2) is 38.0 Å². The molecular formula is C12H15LiO5. The Hall–Kier alpha value is -0.993. The normalized spacial score (nSPS) is 11.4. The Kier molecular flexibility index (Phi) is 8.51. The number of carboxylic acids is 1. The van der Waals surface area contributed by atoms with Gasteiger partial charge in [-0.2, -0.15) is 0 Å². The number of rotatable bonds is 7. The quantitative estimate of drug-likeness (QED) is 0.399. The van der Waals surface area contributed by atoms with Gasteiger partial charge in [0.25, 0.3) is 0 Å². The molecule has 0 aliphatic heterocycles. The van der Waals surface area contributed by atoms with Crippen molar-refractivity contribution >= 4 is 5.97 Å². The Morgan fingerprint density at radius 2 is 2.06 bits per heavy atom. The van der Waals surface area contributed by atoms with Gasteiger partial charge >= 0.3 is 18.9 Å². The number of carboxylic acid groups (broad SMARTS) is 1. The summed E-state index contributed by atoms with van der Waals surface area (Å²) in [6.45, 7) is 0.204. The second-order valence-corrected chi connectivity index (χ2v) is 3.43. The van der Waals surface area contributed by atoms with Crippen LogP contribution < -0.4 is 28.7 Å². The van der Waals surface area contributed by atoms with Crippen LogP contribution in [-0.2, 0) is 9.53 Å². The number of aliphatic hydroxyl groups is 1. The van der Waals surface area contributed by atoms with Gasteiger partial charge in [-0.25, -0.2) is 0 Å². The minimum Gasteiger partial charge on any atom is -0.549 e. The number of ether oxygens (including phenoxy) is 2. The van der Waals surface area contributed by atoms with E-state index in [4.69, 9.17) is 14.6 Å². The zero-order valence-electron chi connectivity index (χ0n) is 10.6. The summed E-state index contributed by atoms with van der Waals surface area (Å²) in [5.41, 5.74) is 0.408. The molecular weight excluding hydrogens is 231 g/mol. The van der Waals surface area contributed by atoms with E-state index in [1.165, 1.54) is 0 Å². The van der Waals surface area contributed by atoms with Gasteiger partial charge in [0.2, 0.25) is 0 Å². The molecule has 0 fully saturated rings. The summed E-state index contributed by atoms with van der Waals surface area (Å²) in [6, 6.07) is 6.66. The maximum absolute atomic E-state index is 10.9. The van der Waals surface area contributed by atoms with E-state index in [0.29, 0.717) is 24.5 Å². The van der Waals surface area contributed by atoms with Crippen LogP contribution in [0.2, 0.25) is 0 Å². The standard InChI is InChI=1S/C12H16O5.Li/c1-16-6-7-17-11-5-3-2-4-9(11)10(8-13)12(14)15;/h2-5,10,13H,6-8H2,1H3,(H,14,15);/q;+1/p-1. The minimum atomic E-state index is -1.32. The minimum absolute atomic E-state index is 0. The van der Waals surface area contributed by atoms with Crippen LogP contribution in [0.4, 0.5) is 0 Å². The second kappa shape index (κ2) is 9.01. The molecule has 1 N–H and O–H groups in total. The van der Waals surface area contributed by atoms with E-state index in [2.05, 4.69) is 0 Å². The van der Waals surface area contributed by atoms with E-state index < -0.39 is 18.5 Å². The fraction of sp³-hybridized carbons (Fsp3) is 0.417. The molecule has 0 radical (unpaired) electrons. The van der Waals surface area contributed by atoms with Gasteiger partial charge in [-0.3, -0.25) is 0 Å². The number of methoxy groups -OCH3 is 1. The molecule has 5 nitrogen and oxygen atoms in total. The van der Waals surface area contributed by atoms with Gasteiger partial charge < -0.3 is 24.5 Å². The number of hydrogen-bond acceptors (Lipinski definition) is 5. The van der Waals surface area contributed by atoms with Crippen LogP contribution in [0.5, 0.6) is 5.75 Å². The Morgan fingerprint density at radius 3 is 2.61 bits per heavy atom. The smallest absolute Gasteiger partial charge is 0.549 e. The number of para-hydroxylation sites is 1. The van der Waals surface area contributed by atoms with Crippen LogP contribution in [0.3, 0.4) is 0 Å². The third kappa shape index (κ3) is 4.71. The van der Waals surface area contributed by atoms with Crippen LogP contribution in [0.15, 0.2) is 24.3 Å². The molecule has 0 saturated heterocycles. The van der Waals surface area contributed by atoms with Gasteiger partial charge in [0.05, 0.1) is 25.1 Å². The molecule has 0 heterocycles. The summed E-state index contributed by atoms with van der Waals surface area (Å²) >= 11 is 0. The summed E-state index contributed by atoms with van der Waals surface area (Å²) in [6.07, 6.45) is 0. The molecule has 94 valence electrons. The van der Waals surface area contributed by atoms with E-state index in [1.807, 2.05) is 0 Å². The van der Waals surface area contributed by atoms with Gasteiger partial charge in [-0.05, 0) is 6.07 Å². The van der Waals surface area contributed by atoms with Crippen molar-refractivity contribution in [2.24, 2.45) is 0 Å². The van der Waals surface area contributed by atoms with Crippen molar-refractivity contribution in [2.45, 2.75) is 5.92 Å². The molecule has 0 aromatic heterocycles. The Bertz CT molecular complexity index is 369. The van der Waals surface area contributed by atoms with Crippen molar-refractivity contribution in [1.29, 1.82) is 0 Å². The van der Waals surface area contributed by atoms with E-state index >= 15 is 0 Å². The second-order valence-electron chi connectivity index (χ2n) is 3.43. The Labute approximate surface area is 118 Å². The molecule has 18 heavy (non-hydrogen) atoms. The van der Waals surface area contributed by atoms with Crippen molar-refractivity contribution in [1.82, 2.24) is 0 Å². The van der Waals surface area contributed by atoms with Gasteiger partial charge in [0.1, 0.15) is 12.4 Å². The Morgan fingerprint density at radius 1 is 1.39 bits per heavy atom. The largest absolute Gasteiger partial charge is 1.00 e. The third-order valence-corrected chi connectivity index (χ3v) is 2.31. The van der Waals surface area contributed by atoms with Crippen molar-refractivity contribution in [3.8, 4) is 5.75 Å². The van der Waals surface area contributed by atoms with Crippen LogP contribution in [0.1, 0.15) is 11.5 Å². The first-order valence-electron chi connectivity index (χ1n) is 5.23. The number of aliphatic hydroxyl groups excluding tert-OH is 1. The number of benzene rings is 1. The first-order valence-corrected chi connectivity index (χ1v) is 5.23. The van der Waals surface area contributed by atoms with Gasteiger partial charge in [0, 0.05) is 12.7 Å². The monoisotopic (exact) mass is 246 g/mol. The fourth-order valence-electron chi connectivity index (χ4n) is 1.43. The summed E-state index contributed by atoms with van der Waals surface area (Å²) < 4.78 is 10.2. The predicted octanol–water partition coefficient (Wildman–Crippen LogP) is -3.46. The SMILES string of the molecule is COCCOc1ccccc1C(CO)C(=O)[O-].[Li+]. The first-order chi connectivity index (χ1) is 8.20. The average molecular weight is 246 g/mol. The van der Waals surface area contributed by atoms with Gasteiger partial charge in [-0.1, -0.05) is 18.2 Å². The molecule has 6 heteroatoms. The summed E-state index contributed by atoms with van der Waals surface area (Å²) in [4.78, 5) is 10.9. The van der Waals surface area contributed by atoms with Crippen LogP contribution >= 0.6 is 0 Å². The van der Waals surface area contributed by atoms with Gasteiger partial charge in [0.15, 0.2) is 0 Å². The molecule has 1 aromatic carbocycles. The number of carbonyl (C=O) groups excluding carboxylic acids is 1. The fourth-order valence-corrected chi connectivity index (χ4v) is 1.43.